The Balaban J connectivity index is 2.40. The van der Waals surface area contributed by atoms with Crippen molar-refractivity contribution in [2.24, 2.45) is 7.05 Å². The highest BCUT2D eigenvalue weighted by Crippen LogP contribution is 2.08. The SMILES string of the molecule is CC[C@H](C)NC(=O)CCc1cnn(C)c1C. The van der Waals surface area contributed by atoms with Gasteiger partial charge in [0.1, 0.15) is 0 Å². The maximum absolute atomic E-state index is 11.6. The lowest BCUT2D eigenvalue weighted by atomic mass is 10.1. The molecule has 1 heterocycles. The first kappa shape index (κ1) is 12.7. The molecule has 1 atom stereocenters. The van der Waals surface area contributed by atoms with Gasteiger partial charge in [-0.05, 0) is 32.3 Å². The highest BCUT2D eigenvalue weighted by Gasteiger charge is 2.08. The molecule has 1 aromatic heterocycles. The van der Waals surface area contributed by atoms with E-state index in [4.69, 9.17) is 0 Å². The summed E-state index contributed by atoms with van der Waals surface area (Å²) in [5, 5.41) is 7.12. The van der Waals surface area contributed by atoms with Gasteiger partial charge in [0.05, 0.1) is 6.20 Å². The molecule has 4 nitrogen and oxygen atoms in total. The average Bonchev–Trinajstić information content (AvgIpc) is 2.57. The van der Waals surface area contributed by atoms with E-state index in [0.29, 0.717) is 6.42 Å². The van der Waals surface area contributed by atoms with Crippen molar-refractivity contribution >= 4 is 5.91 Å². The summed E-state index contributed by atoms with van der Waals surface area (Å²) >= 11 is 0. The van der Waals surface area contributed by atoms with Crippen LogP contribution in [-0.2, 0) is 18.3 Å². The fraction of sp³-hybridized carbons (Fsp3) is 0.667. The fourth-order valence-corrected chi connectivity index (χ4v) is 1.49. The summed E-state index contributed by atoms with van der Waals surface area (Å²) in [6, 6.07) is 0.266. The van der Waals surface area contributed by atoms with Crippen molar-refractivity contribution in [2.45, 2.75) is 46.1 Å². The molecule has 1 N–H and O–H groups in total. The van der Waals surface area contributed by atoms with E-state index in [1.807, 2.05) is 31.8 Å². The van der Waals surface area contributed by atoms with Gasteiger partial charge in [-0.2, -0.15) is 5.10 Å². The quantitative estimate of drug-likeness (QED) is 0.823. The highest BCUT2D eigenvalue weighted by atomic mass is 16.1. The number of hydrogen-bond donors (Lipinski definition) is 1. The van der Waals surface area contributed by atoms with Crippen molar-refractivity contribution in [3.05, 3.63) is 17.5 Å². The second kappa shape index (κ2) is 5.68. The van der Waals surface area contributed by atoms with E-state index >= 15 is 0 Å². The number of nitrogens with zero attached hydrogens (tertiary/aromatic N) is 2. The first-order valence-corrected chi connectivity index (χ1v) is 5.81. The molecule has 0 radical (unpaired) electrons. The summed E-state index contributed by atoms with van der Waals surface area (Å²) in [5.74, 6) is 0.123. The van der Waals surface area contributed by atoms with E-state index in [9.17, 15) is 4.79 Å². The Morgan fingerprint density at radius 1 is 1.62 bits per heavy atom. The predicted octanol–water partition coefficient (Wildman–Crippen LogP) is 1.58. The standard InChI is InChI=1S/C12H21N3O/c1-5-9(2)14-12(16)7-6-11-8-13-15(4)10(11)3/h8-9H,5-7H2,1-4H3,(H,14,16)/t9-/m0/s1. The number of aromatic nitrogens is 2. The molecule has 0 unspecified atom stereocenters. The first-order chi connectivity index (χ1) is 7.54. The molecule has 0 aliphatic heterocycles. The maximum Gasteiger partial charge on any atom is 0.220 e. The van der Waals surface area contributed by atoms with E-state index in [1.54, 1.807) is 0 Å². The summed E-state index contributed by atoms with van der Waals surface area (Å²) in [6.07, 6.45) is 4.11. The lowest BCUT2D eigenvalue weighted by molar-refractivity contribution is -0.121. The minimum atomic E-state index is 0.123. The van der Waals surface area contributed by atoms with Crippen LogP contribution in [0.4, 0.5) is 0 Å². The van der Waals surface area contributed by atoms with E-state index in [2.05, 4.69) is 17.3 Å². The summed E-state index contributed by atoms with van der Waals surface area (Å²) in [5.41, 5.74) is 2.29. The molecule has 0 spiro atoms. The molecule has 1 amide bonds. The van der Waals surface area contributed by atoms with E-state index in [-0.39, 0.29) is 11.9 Å². The molecule has 4 heteroatoms. The van der Waals surface area contributed by atoms with Gasteiger partial charge in [-0.25, -0.2) is 0 Å². The summed E-state index contributed by atoms with van der Waals surface area (Å²) < 4.78 is 1.84. The number of carbonyl (C=O) groups excluding carboxylic acids is 1. The molecule has 16 heavy (non-hydrogen) atoms. The Morgan fingerprint density at radius 2 is 2.31 bits per heavy atom. The Bertz CT molecular complexity index is 357. The molecule has 1 rings (SSSR count). The van der Waals surface area contributed by atoms with Gasteiger partial charge in [-0.1, -0.05) is 6.92 Å². The van der Waals surface area contributed by atoms with E-state index < -0.39 is 0 Å². The second-order valence-corrected chi connectivity index (χ2v) is 4.26. The van der Waals surface area contributed by atoms with Crippen LogP contribution in [0.25, 0.3) is 0 Å². The zero-order valence-corrected chi connectivity index (χ0v) is 10.6. The largest absolute Gasteiger partial charge is 0.354 e. The van der Waals surface area contributed by atoms with Gasteiger partial charge in [0.15, 0.2) is 0 Å². The van der Waals surface area contributed by atoms with Crippen LogP contribution >= 0.6 is 0 Å². The molecule has 90 valence electrons. The van der Waals surface area contributed by atoms with Crippen LogP contribution in [0.5, 0.6) is 0 Å². The smallest absolute Gasteiger partial charge is 0.220 e. The zero-order chi connectivity index (χ0) is 12.1. The van der Waals surface area contributed by atoms with Gasteiger partial charge in [-0.15, -0.1) is 0 Å². The Kier molecular flexibility index (Phi) is 4.52. The van der Waals surface area contributed by atoms with Gasteiger partial charge in [0, 0.05) is 25.2 Å². The predicted molar refractivity (Wildman–Crippen MR) is 64.2 cm³/mol. The van der Waals surface area contributed by atoms with Gasteiger partial charge in [-0.3, -0.25) is 9.48 Å². The van der Waals surface area contributed by atoms with Crippen LogP contribution in [0.3, 0.4) is 0 Å². The number of amides is 1. The van der Waals surface area contributed by atoms with Crippen LogP contribution in [0, 0.1) is 6.92 Å². The number of nitrogens with one attached hydrogen (secondary N) is 1. The summed E-state index contributed by atoms with van der Waals surface area (Å²) in [4.78, 5) is 11.6. The normalized spacial score (nSPS) is 12.5. The van der Waals surface area contributed by atoms with Crippen LogP contribution in [0.1, 0.15) is 37.9 Å². The lowest BCUT2D eigenvalue weighted by Gasteiger charge is -2.10. The van der Waals surface area contributed by atoms with Crippen molar-refractivity contribution in [1.29, 1.82) is 0 Å². The minimum Gasteiger partial charge on any atom is -0.354 e. The van der Waals surface area contributed by atoms with Crippen molar-refractivity contribution in [1.82, 2.24) is 15.1 Å². The van der Waals surface area contributed by atoms with Crippen LogP contribution in [-0.4, -0.2) is 21.7 Å². The average molecular weight is 223 g/mol. The van der Waals surface area contributed by atoms with Gasteiger partial charge < -0.3 is 5.32 Å². The molecule has 0 aromatic carbocycles. The highest BCUT2D eigenvalue weighted by molar-refractivity contribution is 5.76. The molecule has 0 fully saturated rings. The molecule has 0 saturated carbocycles. The van der Waals surface area contributed by atoms with Crippen molar-refractivity contribution in [3.8, 4) is 0 Å². The molecule has 1 aromatic rings. The third kappa shape index (κ3) is 3.36. The van der Waals surface area contributed by atoms with Crippen LogP contribution in [0.15, 0.2) is 6.20 Å². The molecule has 0 aliphatic carbocycles. The Morgan fingerprint density at radius 3 is 2.81 bits per heavy atom. The molecular weight excluding hydrogens is 202 g/mol. The first-order valence-electron chi connectivity index (χ1n) is 5.81. The zero-order valence-electron chi connectivity index (χ0n) is 10.6. The number of rotatable bonds is 5. The maximum atomic E-state index is 11.6. The third-order valence-electron chi connectivity index (χ3n) is 2.98. The lowest BCUT2D eigenvalue weighted by Crippen LogP contribution is -2.32. The summed E-state index contributed by atoms with van der Waals surface area (Å²) in [7, 11) is 1.91. The number of aryl methyl sites for hydroxylation is 2. The van der Waals surface area contributed by atoms with E-state index in [1.165, 1.54) is 0 Å². The Labute approximate surface area is 97.0 Å². The topological polar surface area (TPSA) is 46.9 Å². The van der Waals surface area contributed by atoms with Gasteiger partial charge in [0.2, 0.25) is 5.91 Å². The van der Waals surface area contributed by atoms with Gasteiger partial charge in [0.25, 0.3) is 0 Å². The number of carbonyl (C=O) groups is 1. The molecule has 0 saturated heterocycles. The van der Waals surface area contributed by atoms with Gasteiger partial charge >= 0.3 is 0 Å². The second-order valence-electron chi connectivity index (χ2n) is 4.26. The minimum absolute atomic E-state index is 0.123. The van der Waals surface area contributed by atoms with Crippen molar-refractivity contribution in [3.63, 3.8) is 0 Å². The molecular formula is C12H21N3O. The van der Waals surface area contributed by atoms with Crippen molar-refractivity contribution < 1.29 is 4.79 Å². The number of hydrogen-bond acceptors (Lipinski definition) is 2. The summed E-state index contributed by atoms with van der Waals surface area (Å²) in [6.45, 7) is 6.11. The monoisotopic (exact) mass is 223 g/mol. The van der Waals surface area contributed by atoms with Crippen molar-refractivity contribution in [2.75, 3.05) is 0 Å². The van der Waals surface area contributed by atoms with E-state index in [0.717, 1.165) is 24.1 Å². The van der Waals surface area contributed by atoms with Crippen LogP contribution in [0.2, 0.25) is 0 Å². The molecule has 0 aliphatic rings. The fourth-order valence-electron chi connectivity index (χ4n) is 1.49. The third-order valence-corrected chi connectivity index (χ3v) is 2.98. The molecule has 0 bridgehead atoms. The Hall–Kier alpha value is -1.32. The van der Waals surface area contributed by atoms with Crippen LogP contribution < -0.4 is 5.32 Å².